The summed E-state index contributed by atoms with van der Waals surface area (Å²) in [6.07, 6.45) is -0.878. The van der Waals surface area contributed by atoms with Gasteiger partial charge in [-0.1, -0.05) is 60.7 Å². The van der Waals surface area contributed by atoms with E-state index in [9.17, 15) is 18.0 Å². The lowest BCUT2D eigenvalue weighted by atomic mass is 10.0. The van der Waals surface area contributed by atoms with Crippen LogP contribution in [-0.4, -0.2) is 11.1 Å². The van der Waals surface area contributed by atoms with E-state index in [0.29, 0.717) is 12.1 Å². The van der Waals surface area contributed by atoms with Crippen molar-refractivity contribution in [2.75, 3.05) is 5.32 Å². The van der Waals surface area contributed by atoms with E-state index in [2.05, 4.69) is 5.32 Å². The van der Waals surface area contributed by atoms with Crippen molar-refractivity contribution in [3.63, 3.8) is 0 Å². The highest BCUT2D eigenvalue weighted by Gasteiger charge is 2.30. The second-order valence-electron chi connectivity index (χ2n) is 7.60. The van der Waals surface area contributed by atoms with Crippen molar-refractivity contribution in [3.05, 3.63) is 113 Å². The number of rotatable bonds is 6. The van der Waals surface area contributed by atoms with Crippen LogP contribution < -0.4 is 5.32 Å². The topological polar surface area (TPSA) is 49.3 Å². The Morgan fingerprint density at radius 2 is 1.64 bits per heavy atom. The van der Waals surface area contributed by atoms with Crippen LogP contribution in [0.4, 0.5) is 18.9 Å². The Morgan fingerprint density at radius 1 is 0.879 bits per heavy atom. The molecule has 166 valence electrons. The van der Waals surface area contributed by atoms with Crippen LogP contribution in [0.1, 0.15) is 32.6 Å². The molecule has 0 aromatic heterocycles. The highest BCUT2D eigenvalue weighted by molar-refractivity contribution is 5.94. The number of carboxylic acids is 1. The van der Waals surface area contributed by atoms with E-state index in [4.69, 9.17) is 5.11 Å². The molecule has 0 radical (unpaired) electrons. The minimum Gasteiger partial charge on any atom is -0.478 e. The zero-order chi connectivity index (χ0) is 23.4. The molecule has 4 rings (SSSR count). The van der Waals surface area contributed by atoms with Crippen molar-refractivity contribution in [2.45, 2.75) is 12.7 Å². The van der Waals surface area contributed by atoms with Gasteiger partial charge in [-0.15, -0.1) is 0 Å². The third kappa shape index (κ3) is 5.41. The number of fused-ring (bicyclic) bond motifs is 1. The van der Waals surface area contributed by atoms with Gasteiger partial charge in [0.25, 0.3) is 0 Å². The Bertz CT molecular complexity index is 1330. The highest BCUT2D eigenvalue weighted by atomic mass is 19.4. The summed E-state index contributed by atoms with van der Waals surface area (Å²) in [7, 11) is 0. The van der Waals surface area contributed by atoms with Gasteiger partial charge in [0, 0.05) is 12.2 Å². The van der Waals surface area contributed by atoms with Crippen molar-refractivity contribution in [2.24, 2.45) is 0 Å². The molecule has 0 fully saturated rings. The van der Waals surface area contributed by atoms with Crippen LogP contribution in [0, 0.1) is 0 Å². The van der Waals surface area contributed by atoms with E-state index < -0.39 is 17.7 Å². The maximum absolute atomic E-state index is 12.9. The van der Waals surface area contributed by atoms with Crippen molar-refractivity contribution >= 4 is 34.6 Å². The average Bonchev–Trinajstić information content (AvgIpc) is 2.81. The molecule has 0 heterocycles. The van der Waals surface area contributed by atoms with Gasteiger partial charge in [-0.05, 0) is 63.9 Å². The van der Waals surface area contributed by atoms with E-state index in [1.807, 2.05) is 42.5 Å². The summed E-state index contributed by atoms with van der Waals surface area (Å²) in [6, 6.07) is 23.6. The van der Waals surface area contributed by atoms with Crippen LogP contribution >= 0.6 is 0 Å². The van der Waals surface area contributed by atoms with Gasteiger partial charge in [0.1, 0.15) is 0 Å². The number of nitrogens with one attached hydrogen (secondary N) is 1. The summed E-state index contributed by atoms with van der Waals surface area (Å²) < 4.78 is 38.8. The van der Waals surface area contributed by atoms with E-state index in [1.165, 1.54) is 6.07 Å². The van der Waals surface area contributed by atoms with Crippen molar-refractivity contribution in [1.29, 1.82) is 0 Å². The fourth-order valence-corrected chi connectivity index (χ4v) is 3.54. The van der Waals surface area contributed by atoms with Crippen LogP contribution in [0.5, 0.6) is 0 Å². The molecular formula is C27H20F3NO2. The number of alkyl halides is 3. The lowest BCUT2D eigenvalue weighted by molar-refractivity contribution is -0.137. The fourth-order valence-electron chi connectivity index (χ4n) is 3.54. The zero-order valence-electron chi connectivity index (χ0n) is 17.4. The van der Waals surface area contributed by atoms with Crippen molar-refractivity contribution < 1.29 is 23.1 Å². The molecule has 6 heteroatoms. The molecule has 0 amide bonds. The second-order valence-corrected chi connectivity index (χ2v) is 7.60. The molecule has 0 bridgehead atoms. The van der Waals surface area contributed by atoms with Crippen LogP contribution in [0.25, 0.3) is 22.9 Å². The third-order valence-electron chi connectivity index (χ3n) is 5.28. The van der Waals surface area contributed by atoms with Crippen molar-refractivity contribution in [3.8, 4) is 0 Å². The van der Waals surface area contributed by atoms with Crippen molar-refractivity contribution in [1.82, 2.24) is 0 Å². The Hall–Kier alpha value is -4.06. The first kappa shape index (κ1) is 22.1. The van der Waals surface area contributed by atoms with Gasteiger partial charge in [0.05, 0.1) is 11.1 Å². The summed E-state index contributed by atoms with van der Waals surface area (Å²) in [4.78, 5) is 11.0. The number of benzene rings is 4. The largest absolute Gasteiger partial charge is 0.478 e. The molecule has 0 atom stereocenters. The monoisotopic (exact) mass is 447 g/mol. The lowest BCUT2D eigenvalue weighted by Crippen LogP contribution is -2.04. The smallest absolute Gasteiger partial charge is 0.416 e. The summed E-state index contributed by atoms with van der Waals surface area (Å²) in [5.74, 6) is -0.957. The number of hydrogen-bond acceptors (Lipinski definition) is 2. The SMILES string of the molecule is O=C(O)c1ccc(CNc2ccc3c(/C=C/c4cccc(C(F)(F)F)c4)cccc3c2)cc1. The Kier molecular flexibility index (Phi) is 6.18. The van der Waals surface area contributed by atoms with E-state index >= 15 is 0 Å². The summed E-state index contributed by atoms with van der Waals surface area (Å²) in [6.45, 7) is 0.542. The van der Waals surface area contributed by atoms with Gasteiger partial charge in [-0.25, -0.2) is 4.79 Å². The van der Waals surface area contributed by atoms with Crippen LogP contribution in [0.15, 0.2) is 84.9 Å². The quantitative estimate of drug-likeness (QED) is 0.304. The number of halogens is 3. The summed E-state index contributed by atoms with van der Waals surface area (Å²) in [5.41, 5.74) is 2.82. The molecule has 3 nitrogen and oxygen atoms in total. The van der Waals surface area contributed by atoms with Gasteiger partial charge in [0.2, 0.25) is 0 Å². The molecule has 0 saturated heterocycles. The number of hydrogen-bond donors (Lipinski definition) is 2. The summed E-state index contributed by atoms with van der Waals surface area (Å²) in [5, 5.41) is 14.3. The highest BCUT2D eigenvalue weighted by Crippen LogP contribution is 2.30. The molecule has 0 saturated carbocycles. The van der Waals surface area contributed by atoms with Crippen LogP contribution in [0.2, 0.25) is 0 Å². The van der Waals surface area contributed by atoms with Gasteiger partial charge < -0.3 is 10.4 Å². The first-order valence-electron chi connectivity index (χ1n) is 10.2. The maximum atomic E-state index is 12.9. The number of carboxylic acid groups (broad SMARTS) is 1. The van der Waals surface area contributed by atoms with Gasteiger partial charge >= 0.3 is 12.1 Å². The van der Waals surface area contributed by atoms with Gasteiger partial charge in [-0.2, -0.15) is 13.2 Å². The molecule has 4 aromatic rings. The number of anilines is 1. The normalized spacial score (nSPS) is 11.7. The molecule has 0 spiro atoms. The van der Waals surface area contributed by atoms with E-state index in [-0.39, 0.29) is 5.56 Å². The first-order valence-corrected chi connectivity index (χ1v) is 10.2. The predicted octanol–water partition coefficient (Wildman–Crippen LogP) is 7.34. The van der Waals surface area contributed by atoms with Crippen LogP contribution in [0.3, 0.4) is 0 Å². The number of carbonyl (C=O) groups is 1. The molecule has 0 aliphatic carbocycles. The second kappa shape index (κ2) is 9.20. The molecular weight excluding hydrogens is 427 g/mol. The maximum Gasteiger partial charge on any atom is 0.416 e. The van der Waals surface area contributed by atoms with Gasteiger partial charge in [-0.3, -0.25) is 0 Å². The minimum absolute atomic E-state index is 0.246. The Morgan fingerprint density at radius 3 is 2.36 bits per heavy atom. The van der Waals surface area contributed by atoms with Gasteiger partial charge in [0.15, 0.2) is 0 Å². The molecule has 4 aromatic carbocycles. The molecule has 33 heavy (non-hydrogen) atoms. The lowest BCUT2D eigenvalue weighted by Gasteiger charge is -2.10. The first-order chi connectivity index (χ1) is 15.8. The molecule has 2 N–H and O–H groups in total. The summed E-state index contributed by atoms with van der Waals surface area (Å²) >= 11 is 0. The zero-order valence-corrected chi connectivity index (χ0v) is 17.4. The Balaban J connectivity index is 1.51. The average molecular weight is 447 g/mol. The van der Waals surface area contributed by atoms with Crippen LogP contribution in [-0.2, 0) is 12.7 Å². The fraction of sp³-hybridized carbons (Fsp3) is 0.0741. The molecule has 0 aliphatic rings. The van der Waals surface area contributed by atoms with E-state index in [0.717, 1.165) is 39.7 Å². The predicted molar refractivity (Wildman–Crippen MR) is 125 cm³/mol. The minimum atomic E-state index is -4.37. The number of aromatic carboxylic acids is 1. The van der Waals surface area contributed by atoms with E-state index in [1.54, 1.807) is 36.4 Å². The third-order valence-corrected chi connectivity index (χ3v) is 5.28. The molecule has 0 aliphatic heterocycles. The molecule has 0 unspecified atom stereocenters. The Labute approximate surface area is 188 Å². The standard InChI is InChI=1S/C27H20F3NO2/c28-27(29,30)23-6-1-3-18(15-23)7-10-20-4-2-5-22-16-24(13-14-25(20)22)31-17-19-8-11-21(12-9-19)26(32)33/h1-16,31H,17H2,(H,32,33)/b10-7+.